The topological polar surface area (TPSA) is 41.9 Å². The molecule has 4 heteroatoms. The molecule has 0 atom stereocenters. The van der Waals surface area contributed by atoms with E-state index in [-0.39, 0.29) is 12.5 Å². The smallest absolute Gasteiger partial charge is 0.240 e. The lowest BCUT2D eigenvalue weighted by Gasteiger charge is -2.10. The van der Waals surface area contributed by atoms with Gasteiger partial charge in [-0.1, -0.05) is 36.3 Å². The van der Waals surface area contributed by atoms with E-state index in [2.05, 4.69) is 11.0 Å². The highest BCUT2D eigenvalue weighted by molar-refractivity contribution is 5.82. The van der Waals surface area contributed by atoms with Crippen LogP contribution in [0.25, 0.3) is 0 Å². The van der Waals surface area contributed by atoms with Gasteiger partial charge >= 0.3 is 0 Å². The first-order valence-corrected chi connectivity index (χ1v) is 7.21. The minimum atomic E-state index is -0.193. The molecular formula is C19H18N2O2. The van der Waals surface area contributed by atoms with E-state index >= 15 is 0 Å². The fraction of sp³-hybridized carbons (Fsp3) is 0.158. The average molecular weight is 306 g/mol. The Morgan fingerprint density at radius 1 is 1.22 bits per heavy atom. The predicted molar refractivity (Wildman–Crippen MR) is 91.0 cm³/mol. The van der Waals surface area contributed by atoms with E-state index in [4.69, 9.17) is 11.2 Å². The van der Waals surface area contributed by atoms with Crippen LogP contribution in [-0.4, -0.2) is 23.7 Å². The van der Waals surface area contributed by atoms with Crippen LogP contribution in [0, 0.1) is 12.3 Å². The summed E-state index contributed by atoms with van der Waals surface area (Å²) in [6.45, 7) is 2.11. The van der Waals surface area contributed by atoms with Crippen molar-refractivity contribution >= 4 is 12.1 Å². The molecule has 0 fully saturated rings. The van der Waals surface area contributed by atoms with E-state index in [9.17, 15) is 4.79 Å². The van der Waals surface area contributed by atoms with Crippen LogP contribution in [0.15, 0.2) is 59.7 Å². The summed E-state index contributed by atoms with van der Waals surface area (Å²) in [5.41, 5.74) is 1.98. The number of carbonyl (C=O) groups excluding carboxylic acids is 1. The van der Waals surface area contributed by atoms with Gasteiger partial charge < -0.3 is 4.74 Å². The number of hydrazone groups is 1. The lowest BCUT2D eigenvalue weighted by Crippen LogP contribution is -2.23. The number of benzene rings is 2. The van der Waals surface area contributed by atoms with Gasteiger partial charge in [0.15, 0.2) is 0 Å². The van der Waals surface area contributed by atoms with E-state index in [0.29, 0.717) is 6.61 Å². The van der Waals surface area contributed by atoms with Gasteiger partial charge in [0, 0.05) is 6.92 Å². The molecule has 0 radical (unpaired) electrons. The molecule has 0 aliphatic rings. The first kappa shape index (κ1) is 16.3. The van der Waals surface area contributed by atoms with Crippen molar-refractivity contribution in [1.82, 2.24) is 5.01 Å². The number of amides is 1. The van der Waals surface area contributed by atoms with Gasteiger partial charge in [-0.3, -0.25) is 4.79 Å². The van der Waals surface area contributed by atoms with Crippen LogP contribution in [0.4, 0.5) is 0 Å². The highest BCUT2D eigenvalue weighted by Crippen LogP contribution is 2.13. The zero-order valence-corrected chi connectivity index (χ0v) is 13.0. The largest absolute Gasteiger partial charge is 0.489 e. The van der Waals surface area contributed by atoms with Gasteiger partial charge in [0.1, 0.15) is 18.9 Å². The third-order valence-electron chi connectivity index (χ3n) is 3.08. The van der Waals surface area contributed by atoms with Crippen LogP contribution in [0.5, 0.6) is 5.75 Å². The van der Waals surface area contributed by atoms with E-state index in [0.717, 1.165) is 16.9 Å². The van der Waals surface area contributed by atoms with Crippen LogP contribution in [-0.2, 0) is 11.4 Å². The molecule has 0 aromatic heterocycles. The third-order valence-corrected chi connectivity index (χ3v) is 3.08. The van der Waals surface area contributed by atoms with Gasteiger partial charge in [-0.2, -0.15) is 5.10 Å². The van der Waals surface area contributed by atoms with E-state index in [1.807, 2.05) is 54.6 Å². The number of hydrogen-bond acceptors (Lipinski definition) is 3. The standard InChI is InChI=1S/C19H18N2O2/c1-3-13-21(16(2)22)20-14-17-9-11-19(12-10-17)23-15-18-7-5-4-6-8-18/h1,4-12,14H,13,15H2,2H3/b20-14+. The number of nitrogens with zero attached hydrogens (tertiary/aromatic N) is 2. The Bertz CT molecular complexity index is 700. The van der Waals surface area contributed by atoms with Crippen LogP contribution >= 0.6 is 0 Å². The van der Waals surface area contributed by atoms with Gasteiger partial charge in [0.25, 0.3) is 0 Å². The highest BCUT2D eigenvalue weighted by atomic mass is 16.5. The third kappa shape index (κ3) is 5.33. The van der Waals surface area contributed by atoms with Crippen molar-refractivity contribution < 1.29 is 9.53 Å². The van der Waals surface area contributed by atoms with E-state index in [1.165, 1.54) is 11.9 Å². The Hall–Kier alpha value is -3.06. The van der Waals surface area contributed by atoms with Gasteiger partial charge in [-0.25, -0.2) is 5.01 Å². The van der Waals surface area contributed by atoms with Crippen LogP contribution in [0.1, 0.15) is 18.1 Å². The molecule has 0 saturated carbocycles. The van der Waals surface area contributed by atoms with Crippen molar-refractivity contribution in [3.05, 3.63) is 65.7 Å². The molecule has 4 nitrogen and oxygen atoms in total. The molecule has 2 aromatic carbocycles. The minimum Gasteiger partial charge on any atom is -0.489 e. The molecule has 0 unspecified atom stereocenters. The number of ether oxygens (including phenoxy) is 1. The van der Waals surface area contributed by atoms with E-state index < -0.39 is 0 Å². The van der Waals surface area contributed by atoms with Gasteiger partial charge in [0.2, 0.25) is 5.91 Å². The predicted octanol–water partition coefficient (Wildman–Crippen LogP) is 3.08. The Labute approximate surface area is 136 Å². The first-order chi connectivity index (χ1) is 11.2. The molecule has 0 saturated heterocycles. The fourth-order valence-corrected chi connectivity index (χ4v) is 1.85. The van der Waals surface area contributed by atoms with Gasteiger partial charge in [0.05, 0.1) is 6.21 Å². The average Bonchev–Trinajstić information content (AvgIpc) is 2.58. The second-order valence-electron chi connectivity index (χ2n) is 4.87. The molecule has 2 aromatic rings. The van der Waals surface area contributed by atoms with Crippen molar-refractivity contribution in [3.63, 3.8) is 0 Å². The molecule has 0 aliphatic heterocycles. The quantitative estimate of drug-likeness (QED) is 0.467. The zero-order chi connectivity index (χ0) is 16.5. The minimum absolute atomic E-state index is 0.157. The molecule has 0 bridgehead atoms. The van der Waals surface area contributed by atoms with Crippen molar-refractivity contribution in [2.45, 2.75) is 13.5 Å². The van der Waals surface area contributed by atoms with E-state index in [1.54, 1.807) is 6.21 Å². The Morgan fingerprint density at radius 2 is 1.91 bits per heavy atom. The Balaban J connectivity index is 1.94. The van der Waals surface area contributed by atoms with Crippen molar-refractivity contribution in [2.75, 3.05) is 6.54 Å². The Kier molecular flexibility index (Phi) is 5.96. The number of rotatable bonds is 6. The first-order valence-electron chi connectivity index (χ1n) is 7.21. The highest BCUT2D eigenvalue weighted by Gasteiger charge is 2.03. The molecule has 0 heterocycles. The summed E-state index contributed by atoms with van der Waals surface area (Å²) < 4.78 is 5.71. The van der Waals surface area contributed by atoms with Crippen LogP contribution in [0.2, 0.25) is 0 Å². The normalized spacial score (nSPS) is 10.3. The maximum atomic E-state index is 11.3. The number of carbonyl (C=O) groups is 1. The van der Waals surface area contributed by atoms with Crippen molar-refractivity contribution in [2.24, 2.45) is 5.10 Å². The fourth-order valence-electron chi connectivity index (χ4n) is 1.85. The maximum Gasteiger partial charge on any atom is 0.240 e. The summed E-state index contributed by atoms with van der Waals surface area (Å²) in [7, 11) is 0. The summed E-state index contributed by atoms with van der Waals surface area (Å²) in [4.78, 5) is 11.3. The summed E-state index contributed by atoms with van der Waals surface area (Å²) in [5.74, 6) is 2.98. The van der Waals surface area contributed by atoms with Gasteiger partial charge in [-0.05, 0) is 35.4 Å². The summed E-state index contributed by atoms with van der Waals surface area (Å²) in [5, 5.41) is 5.32. The molecule has 23 heavy (non-hydrogen) atoms. The molecule has 0 N–H and O–H groups in total. The van der Waals surface area contributed by atoms with Crippen molar-refractivity contribution in [3.8, 4) is 18.1 Å². The summed E-state index contributed by atoms with van der Waals surface area (Å²) in [6.07, 6.45) is 6.80. The van der Waals surface area contributed by atoms with Gasteiger partial charge in [-0.15, -0.1) is 6.42 Å². The molecule has 1 amide bonds. The molecule has 0 spiro atoms. The molecular weight excluding hydrogens is 288 g/mol. The van der Waals surface area contributed by atoms with Crippen LogP contribution in [0.3, 0.4) is 0 Å². The zero-order valence-electron chi connectivity index (χ0n) is 13.0. The monoisotopic (exact) mass is 306 g/mol. The number of hydrogen-bond donors (Lipinski definition) is 0. The van der Waals surface area contributed by atoms with Crippen LogP contribution < -0.4 is 4.74 Å². The molecule has 116 valence electrons. The second kappa shape index (κ2) is 8.40. The second-order valence-corrected chi connectivity index (χ2v) is 4.87. The SMILES string of the molecule is C#CCN(/N=C/c1ccc(OCc2ccccc2)cc1)C(C)=O. The summed E-state index contributed by atoms with van der Waals surface area (Å²) in [6, 6.07) is 17.4. The van der Waals surface area contributed by atoms with Crippen molar-refractivity contribution in [1.29, 1.82) is 0 Å². The Morgan fingerprint density at radius 3 is 2.52 bits per heavy atom. The molecule has 2 rings (SSSR count). The lowest BCUT2D eigenvalue weighted by molar-refractivity contribution is -0.128. The molecule has 0 aliphatic carbocycles. The lowest BCUT2D eigenvalue weighted by atomic mass is 10.2. The summed E-state index contributed by atoms with van der Waals surface area (Å²) >= 11 is 0. The maximum absolute atomic E-state index is 11.3. The number of terminal acetylenes is 1.